The van der Waals surface area contributed by atoms with Crippen LogP contribution in [0.2, 0.25) is 0 Å². The average molecular weight is 280 g/mol. The highest BCUT2D eigenvalue weighted by atomic mass is 16.2. The fourth-order valence-electron chi connectivity index (χ4n) is 2.55. The Balaban J connectivity index is 1.79. The molecule has 0 aliphatic carbocycles. The van der Waals surface area contributed by atoms with Gasteiger partial charge in [-0.15, -0.1) is 0 Å². The number of hydrogen-bond acceptors (Lipinski definition) is 2. The summed E-state index contributed by atoms with van der Waals surface area (Å²) in [7, 11) is 0. The lowest BCUT2D eigenvalue weighted by Gasteiger charge is -2.21. The molecule has 0 saturated carbocycles. The largest absolute Gasteiger partial charge is 0.325 e. The molecule has 106 valence electrons. The third-order valence-corrected chi connectivity index (χ3v) is 3.64. The van der Waals surface area contributed by atoms with Gasteiger partial charge in [-0.3, -0.25) is 10.1 Å². The molecule has 3 rings (SSSR count). The zero-order chi connectivity index (χ0) is 14.7. The molecule has 0 radical (unpaired) electrons. The van der Waals surface area contributed by atoms with Crippen LogP contribution < -0.4 is 5.32 Å². The molecule has 0 aromatic heterocycles. The van der Waals surface area contributed by atoms with Gasteiger partial charge in [-0.05, 0) is 11.1 Å². The molecular formula is C17H16N2O2. The highest BCUT2D eigenvalue weighted by molar-refractivity contribution is 6.04. The molecule has 2 aromatic carbocycles. The van der Waals surface area contributed by atoms with Crippen molar-refractivity contribution in [3.05, 3.63) is 71.8 Å². The topological polar surface area (TPSA) is 49.4 Å². The van der Waals surface area contributed by atoms with Crippen molar-refractivity contribution in [2.24, 2.45) is 0 Å². The van der Waals surface area contributed by atoms with E-state index in [1.54, 1.807) is 4.90 Å². The zero-order valence-electron chi connectivity index (χ0n) is 11.5. The average Bonchev–Trinajstić information content (AvgIpc) is 2.76. The van der Waals surface area contributed by atoms with Gasteiger partial charge >= 0.3 is 6.03 Å². The molecule has 1 saturated heterocycles. The molecule has 1 aliphatic heterocycles. The van der Waals surface area contributed by atoms with Crippen LogP contribution in [-0.4, -0.2) is 22.9 Å². The van der Waals surface area contributed by atoms with Gasteiger partial charge in [-0.25, -0.2) is 4.79 Å². The highest BCUT2D eigenvalue weighted by Gasteiger charge is 2.37. The van der Waals surface area contributed by atoms with Crippen LogP contribution in [0.1, 0.15) is 11.1 Å². The van der Waals surface area contributed by atoms with Crippen molar-refractivity contribution in [1.29, 1.82) is 0 Å². The lowest BCUT2D eigenvalue weighted by atomic mass is 10.0. The Morgan fingerprint density at radius 3 is 2.05 bits per heavy atom. The first kappa shape index (κ1) is 13.4. The van der Waals surface area contributed by atoms with Crippen LogP contribution in [-0.2, 0) is 17.8 Å². The molecule has 4 heteroatoms. The van der Waals surface area contributed by atoms with Gasteiger partial charge in [-0.1, -0.05) is 60.7 Å². The van der Waals surface area contributed by atoms with Crippen molar-refractivity contribution in [1.82, 2.24) is 10.2 Å². The molecule has 1 fully saturated rings. The summed E-state index contributed by atoms with van der Waals surface area (Å²) in [6.45, 7) is 0.440. The van der Waals surface area contributed by atoms with Crippen LogP contribution in [0.15, 0.2) is 60.7 Å². The van der Waals surface area contributed by atoms with Gasteiger partial charge in [0.2, 0.25) is 0 Å². The number of amides is 3. The molecule has 1 aliphatic rings. The minimum Gasteiger partial charge on any atom is -0.308 e. The molecule has 21 heavy (non-hydrogen) atoms. The molecule has 1 unspecified atom stereocenters. The Kier molecular flexibility index (Phi) is 3.69. The molecule has 0 spiro atoms. The standard InChI is InChI=1S/C17H16N2O2/c20-16-15(11-13-7-3-1-4-8-13)19(17(21)18-16)12-14-9-5-2-6-10-14/h1-10,15H,11-12H2,(H,18,20,21). The molecule has 1 heterocycles. The van der Waals surface area contributed by atoms with E-state index in [4.69, 9.17) is 0 Å². The molecule has 1 atom stereocenters. The van der Waals surface area contributed by atoms with Crippen LogP contribution in [0.25, 0.3) is 0 Å². The Hall–Kier alpha value is -2.62. The third kappa shape index (κ3) is 2.94. The van der Waals surface area contributed by atoms with Gasteiger partial charge in [0, 0.05) is 13.0 Å². The Morgan fingerprint density at radius 2 is 1.43 bits per heavy atom. The first-order valence-electron chi connectivity index (χ1n) is 6.93. The maximum absolute atomic E-state index is 12.0. The number of nitrogens with zero attached hydrogens (tertiary/aromatic N) is 1. The number of carbonyl (C=O) groups excluding carboxylic acids is 2. The Labute approximate surface area is 123 Å². The summed E-state index contributed by atoms with van der Waals surface area (Å²) in [5.74, 6) is -0.222. The monoisotopic (exact) mass is 280 g/mol. The molecule has 1 N–H and O–H groups in total. The van der Waals surface area contributed by atoms with E-state index < -0.39 is 6.04 Å². The number of rotatable bonds is 4. The van der Waals surface area contributed by atoms with E-state index >= 15 is 0 Å². The van der Waals surface area contributed by atoms with Gasteiger partial charge in [0.1, 0.15) is 6.04 Å². The quantitative estimate of drug-likeness (QED) is 0.874. The number of hydrogen-bond donors (Lipinski definition) is 1. The number of imide groups is 1. The summed E-state index contributed by atoms with van der Waals surface area (Å²) in [6.07, 6.45) is 0.533. The van der Waals surface area contributed by atoms with Gasteiger partial charge in [0.05, 0.1) is 0 Å². The zero-order valence-corrected chi connectivity index (χ0v) is 11.5. The van der Waals surface area contributed by atoms with E-state index in [-0.39, 0.29) is 11.9 Å². The van der Waals surface area contributed by atoms with E-state index in [1.807, 2.05) is 60.7 Å². The summed E-state index contributed by atoms with van der Waals surface area (Å²) in [6, 6.07) is 18.7. The van der Waals surface area contributed by atoms with Gasteiger partial charge in [0.15, 0.2) is 0 Å². The predicted molar refractivity (Wildman–Crippen MR) is 79.5 cm³/mol. The minimum absolute atomic E-state index is 0.222. The summed E-state index contributed by atoms with van der Waals surface area (Å²) in [5, 5.41) is 2.41. The van der Waals surface area contributed by atoms with Crippen molar-refractivity contribution in [2.45, 2.75) is 19.0 Å². The van der Waals surface area contributed by atoms with Crippen LogP contribution in [0.4, 0.5) is 4.79 Å². The maximum atomic E-state index is 12.0. The fourth-order valence-corrected chi connectivity index (χ4v) is 2.55. The molecule has 0 bridgehead atoms. The van der Waals surface area contributed by atoms with Gasteiger partial charge in [-0.2, -0.15) is 0 Å². The van der Waals surface area contributed by atoms with E-state index in [0.717, 1.165) is 11.1 Å². The minimum atomic E-state index is -0.444. The predicted octanol–water partition coefficient (Wildman–Crippen LogP) is 2.35. The van der Waals surface area contributed by atoms with Crippen LogP contribution >= 0.6 is 0 Å². The molecule has 3 amide bonds. The van der Waals surface area contributed by atoms with Crippen molar-refractivity contribution >= 4 is 11.9 Å². The lowest BCUT2D eigenvalue weighted by Crippen LogP contribution is -2.36. The second-order valence-electron chi connectivity index (χ2n) is 5.11. The number of urea groups is 1. The highest BCUT2D eigenvalue weighted by Crippen LogP contribution is 2.17. The molecular weight excluding hydrogens is 264 g/mol. The molecule has 2 aromatic rings. The summed E-state index contributed by atoms with van der Waals surface area (Å²) >= 11 is 0. The first-order valence-corrected chi connectivity index (χ1v) is 6.93. The van der Waals surface area contributed by atoms with E-state index in [0.29, 0.717) is 13.0 Å². The van der Waals surface area contributed by atoms with E-state index in [1.165, 1.54) is 0 Å². The van der Waals surface area contributed by atoms with Gasteiger partial charge in [0.25, 0.3) is 5.91 Å². The van der Waals surface area contributed by atoms with E-state index in [9.17, 15) is 9.59 Å². The second-order valence-corrected chi connectivity index (χ2v) is 5.11. The Bertz CT molecular complexity index is 583. The van der Waals surface area contributed by atoms with Crippen molar-refractivity contribution in [2.75, 3.05) is 0 Å². The normalized spacial score (nSPS) is 17.9. The van der Waals surface area contributed by atoms with Crippen LogP contribution in [0.5, 0.6) is 0 Å². The second kappa shape index (κ2) is 5.79. The lowest BCUT2D eigenvalue weighted by molar-refractivity contribution is -0.121. The van der Waals surface area contributed by atoms with Crippen LogP contribution in [0.3, 0.4) is 0 Å². The van der Waals surface area contributed by atoms with Crippen LogP contribution in [0, 0.1) is 0 Å². The summed E-state index contributed by atoms with van der Waals surface area (Å²) < 4.78 is 0. The fraction of sp³-hybridized carbons (Fsp3) is 0.176. The third-order valence-electron chi connectivity index (χ3n) is 3.64. The Morgan fingerprint density at radius 1 is 0.857 bits per heavy atom. The van der Waals surface area contributed by atoms with Gasteiger partial charge < -0.3 is 4.90 Å². The van der Waals surface area contributed by atoms with E-state index in [2.05, 4.69) is 5.32 Å². The maximum Gasteiger partial charge on any atom is 0.325 e. The van der Waals surface area contributed by atoms with Crippen molar-refractivity contribution < 1.29 is 9.59 Å². The van der Waals surface area contributed by atoms with Crippen molar-refractivity contribution in [3.63, 3.8) is 0 Å². The summed E-state index contributed by atoms with van der Waals surface area (Å²) in [4.78, 5) is 25.6. The van der Waals surface area contributed by atoms with Crippen molar-refractivity contribution in [3.8, 4) is 0 Å². The SMILES string of the molecule is O=C1NC(=O)N(Cc2ccccc2)C1Cc1ccccc1. The summed E-state index contributed by atoms with van der Waals surface area (Å²) in [5.41, 5.74) is 2.06. The number of carbonyl (C=O) groups is 2. The molecule has 4 nitrogen and oxygen atoms in total. The number of nitrogens with one attached hydrogen (secondary N) is 1. The first-order chi connectivity index (χ1) is 10.2. The number of benzene rings is 2. The smallest absolute Gasteiger partial charge is 0.308 e.